The first-order valence-electron chi connectivity index (χ1n) is 7.94. The van der Waals surface area contributed by atoms with Crippen LogP contribution in [0.4, 0.5) is 0 Å². The molecular weight excluding hydrogens is 330 g/mol. The van der Waals surface area contributed by atoms with Gasteiger partial charge in [-0.3, -0.25) is 0 Å². The molecule has 0 saturated heterocycles. The molecule has 0 spiro atoms. The number of pyridine rings is 1. The van der Waals surface area contributed by atoms with Gasteiger partial charge in [0.25, 0.3) is 0 Å². The van der Waals surface area contributed by atoms with E-state index in [-0.39, 0.29) is 11.1 Å². The number of aromatic carboxylic acids is 2. The second-order valence-electron chi connectivity index (χ2n) is 5.93. The van der Waals surface area contributed by atoms with E-state index >= 15 is 0 Å². The van der Waals surface area contributed by atoms with Crippen LogP contribution in [0.25, 0.3) is 32.9 Å². The van der Waals surface area contributed by atoms with Crippen LogP contribution in [0.1, 0.15) is 20.7 Å². The molecule has 0 atom stereocenters. The number of aromatic nitrogens is 1. The summed E-state index contributed by atoms with van der Waals surface area (Å²) < 4.78 is 0. The summed E-state index contributed by atoms with van der Waals surface area (Å²) in [5.41, 5.74) is 1.83. The number of hydrogen-bond acceptors (Lipinski definition) is 3. The standard InChI is InChI=1S/C21H13NO4/c23-20(24)16-10-13(9-12-5-1-2-6-14(12)16)19-11-17(21(25)26)15-7-3-4-8-18(15)22-19/h1-11H,(H,23,24)(H,25,26). The Morgan fingerprint density at radius 3 is 2.08 bits per heavy atom. The number of benzene rings is 3. The maximum atomic E-state index is 11.7. The van der Waals surface area contributed by atoms with Crippen molar-refractivity contribution in [2.75, 3.05) is 0 Å². The lowest BCUT2D eigenvalue weighted by Crippen LogP contribution is -2.02. The number of para-hydroxylation sites is 1. The summed E-state index contributed by atoms with van der Waals surface area (Å²) in [6, 6.07) is 19.0. The number of rotatable bonds is 3. The lowest BCUT2D eigenvalue weighted by Gasteiger charge is -2.10. The second kappa shape index (κ2) is 5.97. The lowest BCUT2D eigenvalue weighted by molar-refractivity contribution is 0.0688. The van der Waals surface area contributed by atoms with Crippen LogP contribution in [0, 0.1) is 0 Å². The molecule has 26 heavy (non-hydrogen) atoms. The normalized spacial score (nSPS) is 10.9. The maximum Gasteiger partial charge on any atom is 0.336 e. The van der Waals surface area contributed by atoms with Crippen molar-refractivity contribution in [2.24, 2.45) is 0 Å². The topological polar surface area (TPSA) is 87.5 Å². The molecule has 0 bridgehead atoms. The Bertz CT molecular complexity index is 1100. The summed E-state index contributed by atoms with van der Waals surface area (Å²) in [4.78, 5) is 27.9. The molecule has 1 heterocycles. The Morgan fingerprint density at radius 1 is 0.731 bits per heavy atom. The number of carbonyl (C=O) groups is 2. The van der Waals surface area contributed by atoms with Crippen LogP contribution in [0.15, 0.2) is 66.7 Å². The van der Waals surface area contributed by atoms with Crippen LogP contribution in [0.2, 0.25) is 0 Å². The lowest BCUT2D eigenvalue weighted by atomic mass is 9.97. The SMILES string of the molecule is O=C(O)c1cc(-c2cc(C(=O)O)c3ccccc3n2)cc2ccccc12. The van der Waals surface area contributed by atoms with E-state index in [1.165, 1.54) is 12.1 Å². The number of carboxylic acid groups (broad SMARTS) is 2. The van der Waals surface area contributed by atoms with E-state index in [0.29, 0.717) is 27.5 Å². The van der Waals surface area contributed by atoms with Crippen molar-refractivity contribution in [3.63, 3.8) is 0 Å². The molecule has 0 aliphatic heterocycles. The molecule has 0 fully saturated rings. The van der Waals surface area contributed by atoms with Crippen molar-refractivity contribution in [1.82, 2.24) is 4.98 Å². The van der Waals surface area contributed by atoms with Gasteiger partial charge in [0, 0.05) is 10.9 Å². The van der Waals surface area contributed by atoms with Crippen molar-refractivity contribution < 1.29 is 19.8 Å². The average Bonchev–Trinajstić information content (AvgIpc) is 2.66. The predicted octanol–water partition coefficient (Wildman–Crippen LogP) is 4.45. The molecule has 4 rings (SSSR count). The van der Waals surface area contributed by atoms with Gasteiger partial charge in [-0.25, -0.2) is 14.6 Å². The van der Waals surface area contributed by atoms with Crippen LogP contribution in [0.3, 0.4) is 0 Å². The van der Waals surface area contributed by atoms with E-state index in [1.807, 2.05) is 18.2 Å². The van der Waals surface area contributed by atoms with Crippen molar-refractivity contribution in [3.05, 3.63) is 77.9 Å². The molecule has 5 heteroatoms. The van der Waals surface area contributed by atoms with Gasteiger partial charge in [0.15, 0.2) is 0 Å². The van der Waals surface area contributed by atoms with Crippen molar-refractivity contribution in [2.45, 2.75) is 0 Å². The molecule has 1 aromatic heterocycles. The first-order chi connectivity index (χ1) is 12.5. The minimum Gasteiger partial charge on any atom is -0.478 e. The van der Waals surface area contributed by atoms with E-state index in [4.69, 9.17) is 0 Å². The second-order valence-corrected chi connectivity index (χ2v) is 5.93. The first-order valence-corrected chi connectivity index (χ1v) is 7.94. The van der Waals surface area contributed by atoms with Crippen LogP contribution in [-0.4, -0.2) is 27.1 Å². The highest BCUT2D eigenvalue weighted by atomic mass is 16.4. The summed E-state index contributed by atoms with van der Waals surface area (Å²) in [5.74, 6) is -2.09. The van der Waals surface area contributed by atoms with Crippen LogP contribution < -0.4 is 0 Å². The van der Waals surface area contributed by atoms with E-state index in [1.54, 1.807) is 36.4 Å². The van der Waals surface area contributed by atoms with Gasteiger partial charge in [-0.05, 0) is 35.0 Å². The first kappa shape index (κ1) is 15.8. The highest BCUT2D eigenvalue weighted by molar-refractivity contribution is 6.07. The quantitative estimate of drug-likeness (QED) is 0.574. The molecule has 0 aliphatic carbocycles. The Hall–Kier alpha value is -3.73. The molecule has 4 aromatic rings. The Morgan fingerprint density at radius 2 is 1.35 bits per heavy atom. The number of hydrogen-bond donors (Lipinski definition) is 2. The van der Waals surface area contributed by atoms with Gasteiger partial charge >= 0.3 is 11.9 Å². The van der Waals surface area contributed by atoms with Gasteiger partial charge in [-0.1, -0.05) is 42.5 Å². The average molecular weight is 343 g/mol. The molecule has 0 saturated carbocycles. The highest BCUT2D eigenvalue weighted by Gasteiger charge is 2.16. The van der Waals surface area contributed by atoms with Crippen molar-refractivity contribution in [3.8, 4) is 11.3 Å². The van der Waals surface area contributed by atoms with Crippen LogP contribution >= 0.6 is 0 Å². The zero-order chi connectivity index (χ0) is 18.3. The molecule has 3 aromatic carbocycles. The van der Waals surface area contributed by atoms with Gasteiger partial charge in [0.1, 0.15) is 0 Å². The third kappa shape index (κ3) is 2.56. The van der Waals surface area contributed by atoms with E-state index in [9.17, 15) is 19.8 Å². The minimum absolute atomic E-state index is 0.135. The fraction of sp³-hybridized carbons (Fsp3) is 0. The van der Waals surface area contributed by atoms with Gasteiger partial charge in [-0.2, -0.15) is 0 Å². The largest absolute Gasteiger partial charge is 0.478 e. The summed E-state index contributed by atoms with van der Waals surface area (Å²) in [7, 11) is 0. The van der Waals surface area contributed by atoms with Gasteiger partial charge in [0.05, 0.1) is 22.3 Å². The summed E-state index contributed by atoms with van der Waals surface area (Å²) in [6.07, 6.45) is 0. The monoisotopic (exact) mass is 343 g/mol. The molecule has 0 aliphatic rings. The number of nitrogens with zero attached hydrogens (tertiary/aromatic N) is 1. The Kier molecular flexibility index (Phi) is 3.62. The molecule has 126 valence electrons. The molecule has 0 radical (unpaired) electrons. The fourth-order valence-corrected chi connectivity index (χ4v) is 3.14. The zero-order valence-electron chi connectivity index (χ0n) is 13.5. The predicted molar refractivity (Wildman–Crippen MR) is 98.6 cm³/mol. The number of fused-ring (bicyclic) bond motifs is 2. The third-order valence-electron chi connectivity index (χ3n) is 4.33. The van der Waals surface area contributed by atoms with E-state index < -0.39 is 11.9 Å². The molecule has 2 N–H and O–H groups in total. The van der Waals surface area contributed by atoms with Crippen molar-refractivity contribution in [1.29, 1.82) is 0 Å². The van der Waals surface area contributed by atoms with Crippen LogP contribution in [-0.2, 0) is 0 Å². The smallest absolute Gasteiger partial charge is 0.336 e. The number of carboxylic acids is 2. The molecule has 5 nitrogen and oxygen atoms in total. The molecule has 0 amide bonds. The Labute approximate surface area is 148 Å². The Balaban J connectivity index is 2.04. The third-order valence-corrected chi connectivity index (χ3v) is 4.33. The highest BCUT2D eigenvalue weighted by Crippen LogP contribution is 2.30. The summed E-state index contributed by atoms with van der Waals surface area (Å²) in [6.45, 7) is 0. The molecule has 0 unspecified atom stereocenters. The summed E-state index contributed by atoms with van der Waals surface area (Å²) in [5, 5.41) is 21.0. The van der Waals surface area contributed by atoms with E-state index in [2.05, 4.69) is 4.98 Å². The van der Waals surface area contributed by atoms with E-state index in [0.717, 1.165) is 5.39 Å². The van der Waals surface area contributed by atoms with Gasteiger partial charge in [0.2, 0.25) is 0 Å². The van der Waals surface area contributed by atoms with Crippen LogP contribution in [0.5, 0.6) is 0 Å². The van der Waals surface area contributed by atoms with Crippen molar-refractivity contribution >= 4 is 33.6 Å². The maximum absolute atomic E-state index is 11.7. The fourth-order valence-electron chi connectivity index (χ4n) is 3.14. The summed E-state index contributed by atoms with van der Waals surface area (Å²) >= 11 is 0. The minimum atomic E-state index is -1.05. The zero-order valence-corrected chi connectivity index (χ0v) is 13.5. The molecular formula is C21H13NO4. The van der Waals surface area contributed by atoms with Gasteiger partial charge in [-0.15, -0.1) is 0 Å². The van der Waals surface area contributed by atoms with Gasteiger partial charge < -0.3 is 10.2 Å².